The zero-order valence-electron chi connectivity index (χ0n) is 13.6. The monoisotopic (exact) mass is 335 g/mol. The number of ether oxygens (including phenoxy) is 1. The molecule has 7 nitrogen and oxygen atoms in total. The lowest BCUT2D eigenvalue weighted by Gasteiger charge is -2.09. The number of carbonyl (C=O) groups is 1. The minimum Gasteiger partial charge on any atom is -0.465 e. The maximum absolute atomic E-state index is 11.4. The molecule has 2 heterocycles. The second-order valence-electron chi connectivity index (χ2n) is 5.17. The van der Waals surface area contributed by atoms with Crippen LogP contribution in [-0.4, -0.2) is 28.0 Å². The fourth-order valence-corrected chi connectivity index (χ4v) is 2.15. The van der Waals surface area contributed by atoms with E-state index in [4.69, 9.17) is 0 Å². The number of hydrogen-bond acceptors (Lipinski definition) is 7. The number of carbonyl (C=O) groups excluding carboxylic acids is 1. The Morgan fingerprint density at radius 1 is 1.12 bits per heavy atom. The number of hydrogen-bond donors (Lipinski definition) is 2. The van der Waals surface area contributed by atoms with E-state index in [-0.39, 0.29) is 5.97 Å². The van der Waals surface area contributed by atoms with Crippen LogP contribution in [0.2, 0.25) is 0 Å². The molecule has 2 aromatic heterocycles. The fraction of sp³-hybridized carbons (Fsp3) is 0.111. The van der Waals surface area contributed by atoms with Crippen molar-refractivity contribution in [2.24, 2.45) is 0 Å². The molecule has 0 fully saturated rings. The quantitative estimate of drug-likeness (QED) is 0.669. The number of anilines is 3. The first kappa shape index (κ1) is 16.4. The van der Waals surface area contributed by atoms with Crippen LogP contribution in [0.3, 0.4) is 0 Å². The Morgan fingerprint density at radius 2 is 1.96 bits per heavy atom. The van der Waals surface area contributed by atoms with Crippen LogP contribution >= 0.6 is 0 Å². The maximum atomic E-state index is 11.4. The summed E-state index contributed by atoms with van der Waals surface area (Å²) in [6, 6.07) is 12.6. The molecule has 0 bridgehead atoms. The zero-order chi connectivity index (χ0) is 17.5. The molecule has 3 aromatic rings. The van der Waals surface area contributed by atoms with Gasteiger partial charge in [-0.2, -0.15) is 4.98 Å². The normalized spacial score (nSPS) is 10.1. The highest BCUT2D eigenvalue weighted by atomic mass is 16.5. The lowest BCUT2D eigenvalue weighted by atomic mass is 10.2. The molecule has 0 saturated heterocycles. The van der Waals surface area contributed by atoms with Gasteiger partial charge >= 0.3 is 5.97 Å². The van der Waals surface area contributed by atoms with Crippen LogP contribution in [0.4, 0.5) is 17.5 Å². The van der Waals surface area contributed by atoms with Crippen molar-refractivity contribution >= 4 is 23.4 Å². The third-order valence-corrected chi connectivity index (χ3v) is 3.41. The van der Waals surface area contributed by atoms with E-state index in [2.05, 4.69) is 30.3 Å². The molecule has 2 N–H and O–H groups in total. The van der Waals surface area contributed by atoms with E-state index < -0.39 is 0 Å². The van der Waals surface area contributed by atoms with Gasteiger partial charge in [-0.15, -0.1) is 0 Å². The van der Waals surface area contributed by atoms with Crippen molar-refractivity contribution < 1.29 is 9.53 Å². The Kier molecular flexibility index (Phi) is 5.16. The molecule has 3 rings (SSSR count). The molecule has 1 aromatic carbocycles. The summed E-state index contributed by atoms with van der Waals surface area (Å²) in [5.41, 5.74) is 2.35. The Hall–Kier alpha value is -3.48. The first-order valence-corrected chi connectivity index (χ1v) is 7.66. The molecular formula is C18H17N5O2. The van der Waals surface area contributed by atoms with Gasteiger partial charge in [0.15, 0.2) is 0 Å². The van der Waals surface area contributed by atoms with Gasteiger partial charge in [-0.3, -0.25) is 4.98 Å². The van der Waals surface area contributed by atoms with Gasteiger partial charge in [0.1, 0.15) is 5.82 Å². The van der Waals surface area contributed by atoms with Crippen molar-refractivity contribution in [3.8, 4) is 0 Å². The summed E-state index contributed by atoms with van der Waals surface area (Å²) >= 11 is 0. The van der Waals surface area contributed by atoms with Crippen LogP contribution in [0.15, 0.2) is 61.1 Å². The van der Waals surface area contributed by atoms with Gasteiger partial charge in [-0.05, 0) is 42.0 Å². The molecule has 0 spiro atoms. The maximum Gasteiger partial charge on any atom is 0.337 e. The molecule has 0 aliphatic heterocycles. The van der Waals surface area contributed by atoms with Crippen LogP contribution in [0.5, 0.6) is 0 Å². The van der Waals surface area contributed by atoms with Gasteiger partial charge in [0, 0.05) is 30.8 Å². The van der Waals surface area contributed by atoms with E-state index in [1.165, 1.54) is 7.11 Å². The van der Waals surface area contributed by atoms with Crippen molar-refractivity contribution in [1.82, 2.24) is 15.0 Å². The fourth-order valence-electron chi connectivity index (χ4n) is 2.15. The van der Waals surface area contributed by atoms with E-state index in [0.29, 0.717) is 23.9 Å². The first-order chi connectivity index (χ1) is 12.2. The molecule has 0 saturated carbocycles. The molecule has 0 aliphatic rings. The summed E-state index contributed by atoms with van der Waals surface area (Å²) in [7, 11) is 1.36. The summed E-state index contributed by atoms with van der Waals surface area (Å²) in [5.74, 6) is 0.796. The van der Waals surface area contributed by atoms with Crippen molar-refractivity contribution in [3.05, 3.63) is 72.2 Å². The highest BCUT2D eigenvalue weighted by molar-refractivity contribution is 5.89. The largest absolute Gasteiger partial charge is 0.465 e. The summed E-state index contributed by atoms with van der Waals surface area (Å²) in [6.45, 7) is 0.588. The van der Waals surface area contributed by atoms with Crippen molar-refractivity contribution in [2.45, 2.75) is 6.54 Å². The minimum absolute atomic E-state index is 0.365. The molecule has 7 heteroatoms. The van der Waals surface area contributed by atoms with Crippen LogP contribution in [0, 0.1) is 0 Å². The van der Waals surface area contributed by atoms with Crippen LogP contribution in [0.1, 0.15) is 15.9 Å². The number of rotatable bonds is 6. The third kappa shape index (κ3) is 4.51. The van der Waals surface area contributed by atoms with Crippen LogP contribution < -0.4 is 10.6 Å². The summed E-state index contributed by atoms with van der Waals surface area (Å²) in [4.78, 5) is 24.1. The van der Waals surface area contributed by atoms with E-state index in [1.54, 1.807) is 48.9 Å². The van der Waals surface area contributed by atoms with Crippen LogP contribution in [-0.2, 0) is 11.3 Å². The SMILES string of the molecule is COC(=O)c1ccc(Nc2ccnc(NCc3cccnc3)n2)cc1. The highest BCUT2D eigenvalue weighted by Gasteiger charge is 2.05. The number of aromatic nitrogens is 3. The Labute approximate surface area is 145 Å². The average Bonchev–Trinajstić information content (AvgIpc) is 2.67. The molecule has 0 atom stereocenters. The number of esters is 1. The third-order valence-electron chi connectivity index (χ3n) is 3.41. The Balaban J connectivity index is 1.64. The molecule has 0 amide bonds. The second kappa shape index (κ2) is 7.87. The molecule has 0 radical (unpaired) electrons. The predicted molar refractivity (Wildman–Crippen MR) is 94.7 cm³/mol. The van der Waals surface area contributed by atoms with Gasteiger partial charge in [0.2, 0.25) is 5.95 Å². The van der Waals surface area contributed by atoms with Crippen molar-refractivity contribution in [2.75, 3.05) is 17.7 Å². The number of benzene rings is 1. The van der Waals surface area contributed by atoms with E-state index in [1.807, 2.05) is 12.1 Å². The summed E-state index contributed by atoms with van der Waals surface area (Å²) in [5, 5.41) is 6.33. The Morgan fingerprint density at radius 3 is 2.68 bits per heavy atom. The highest BCUT2D eigenvalue weighted by Crippen LogP contribution is 2.16. The van der Waals surface area contributed by atoms with Gasteiger partial charge in [0.25, 0.3) is 0 Å². The van der Waals surface area contributed by atoms with Gasteiger partial charge in [-0.1, -0.05) is 6.07 Å². The zero-order valence-corrected chi connectivity index (χ0v) is 13.6. The lowest BCUT2D eigenvalue weighted by Crippen LogP contribution is -2.05. The number of nitrogens with zero attached hydrogens (tertiary/aromatic N) is 3. The number of methoxy groups -OCH3 is 1. The summed E-state index contributed by atoms with van der Waals surface area (Å²) < 4.78 is 4.68. The lowest BCUT2D eigenvalue weighted by molar-refractivity contribution is 0.0601. The van der Waals surface area contributed by atoms with Crippen molar-refractivity contribution in [1.29, 1.82) is 0 Å². The second-order valence-corrected chi connectivity index (χ2v) is 5.17. The average molecular weight is 335 g/mol. The smallest absolute Gasteiger partial charge is 0.337 e. The van der Waals surface area contributed by atoms with Gasteiger partial charge in [0.05, 0.1) is 12.7 Å². The first-order valence-electron chi connectivity index (χ1n) is 7.66. The van der Waals surface area contributed by atoms with Gasteiger partial charge in [-0.25, -0.2) is 9.78 Å². The number of pyridine rings is 1. The molecule has 0 aliphatic carbocycles. The van der Waals surface area contributed by atoms with E-state index >= 15 is 0 Å². The molecule has 126 valence electrons. The van der Waals surface area contributed by atoms with Gasteiger partial charge < -0.3 is 15.4 Å². The number of nitrogens with one attached hydrogen (secondary N) is 2. The topological polar surface area (TPSA) is 89.0 Å². The standard InChI is InChI=1S/C18H17N5O2/c1-25-17(24)14-4-6-15(7-5-14)22-16-8-10-20-18(23-16)21-12-13-3-2-9-19-11-13/h2-11H,12H2,1H3,(H2,20,21,22,23). The Bertz CT molecular complexity index is 838. The molecular weight excluding hydrogens is 318 g/mol. The predicted octanol–water partition coefficient (Wildman–Crippen LogP) is 3.01. The van der Waals surface area contributed by atoms with Crippen molar-refractivity contribution in [3.63, 3.8) is 0 Å². The molecule has 0 unspecified atom stereocenters. The van der Waals surface area contributed by atoms with E-state index in [9.17, 15) is 4.79 Å². The minimum atomic E-state index is -0.365. The van der Waals surface area contributed by atoms with E-state index in [0.717, 1.165) is 11.3 Å². The van der Waals surface area contributed by atoms with Crippen LogP contribution in [0.25, 0.3) is 0 Å². The molecule has 25 heavy (non-hydrogen) atoms. The summed E-state index contributed by atoms with van der Waals surface area (Å²) in [6.07, 6.45) is 5.19.